The van der Waals surface area contributed by atoms with Crippen molar-refractivity contribution in [2.75, 3.05) is 18.6 Å². The highest BCUT2D eigenvalue weighted by Crippen LogP contribution is 2.20. The molecule has 1 aliphatic carbocycles. The first-order chi connectivity index (χ1) is 8.90. The van der Waals surface area contributed by atoms with Crippen molar-refractivity contribution >= 4 is 11.8 Å². The topological polar surface area (TPSA) is 12.0 Å². The van der Waals surface area contributed by atoms with Gasteiger partial charge in [-0.2, -0.15) is 11.8 Å². The molecule has 1 unspecified atom stereocenters. The van der Waals surface area contributed by atoms with Crippen molar-refractivity contribution in [2.45, 2.75) is 44.6 Å². The summed E-state index contributed by atoms with van der Waals surface area (Å²) in [4.78, 5) is 0. The minimum Gasteiger partial charge on any atom is -0.314 e. The van der Waals surface area contributed by atoms with Crippen LogP contribution >= 0.6 is 11.8 Å². The summed E-state index contributed by atoms with van der Waals surface area (Å²) in [6.07, 6.45) is 10.0. The molecule has 1 N–H and O–H groups in total. The van der Waals surface area contributed by atoms with E-state index in [1.807, 2.05) is 11.8 Å². The fourth-order valence-electron chi connectivity index (χ4n) is 2.73. The molecule has 1 atom stereocenters. The molecule has 100 valence electrons. The van der Waals surface area contributed by atoms with Gasteiger partial charge in [0.05, 0.1) is 0 Å². The highest BCUT2D eigenvalue weighted by molar-refractivity contribution is 7.98. The van der Waals surface area contributed by atoms with Crippen molar-refractivity contribution < 1.29 is 0 Å². The zero-order chi connectivity index (χ0) is 12.6. The maximum Gasteiger partial charge on any atom is 0.0111 e. The summed E-state index contributed by atoms with van der Waals surface area (Å²) in [5.41, 5.74) is 3.12. The number of hydrogen-bond donors (Lipinski definition) is 1. The predicted molar refractivity (Wildman–Crippen MR) is 82.5 cm³/mol. The number of fused-ring (bicyclic) bond motifs is 1. The van der Waals surface area contributed by atoms with Crippen molar-refractivity contribution in [3.63, 3.8) is 0 Å². The van der Waals surface area contributed by atoms with Crippen LogP contribution in [0.5, 0.6) is 0 Å². The molecule has 1 aromatic carbocycles. The number of rotatable bonds is 7. The fourth-order valence-corrected chi connectivity index (χ4v) is 3.22. The van der Waals surface area contributed by atoms with E-state index >= 15 is 0 Å². The normalized spacial score (nSPS) is 18.6. The zero-order valence-electron chi connectivity index (χ0n) is 11.5. The third-order valence-corrected chi connectivity index (χ3v) is 4.50. The lowest BCUT2D eigenvalue weighted by atomic mass is 9.88. The van der Waals surface area contributed by atoms with E-state index in [4.69, 9.17) is 0 Å². The second-order valence-corrected chi connectivity index (χ2v) is 6.20. The Kier molecular flexibility index (Phi) is 6.09. The Morgan fingerprint density at radius 2 is 2.00 bits per heavy atom. The lowest BCUT2D eigenvalue weighted by molar-refractivity contribution is 0.450. The zero-order valence-corrected chi connectivity index (χ0v) is 12.3. The van der Waals surface area contributed by atoms with Gasteiger partial charge in [-0.1, -0.05) is 30.7 Å². The number of unbranched alkanes of at least 4 members (excludes halogenated alkanes) is 2. The number of thioether (sulfide) groups is 1. The summed E-state index contributed by atoms with van der Waals surface area (Å²) in [5, 5.41) is 3.73. The van der Waals surface area contributed by atoms with E-state index in [1.54, 1.807) is 11.1 Å². The van der Waals surface area contributed by atoms with Crippen LogP contribution in [0.4, 0.5) is 0 Å². The maximum absolute atomic E-state index is 3.73. The molecule has 0 amide bonds. The molecule has 1 aliphatic rings. The second kappa shape index (κ2) is 7.85. The summed E-state index contributed by atoms with van der Waals surface area (Å²) < 4.78 is 0. The van der Waals surface area contributed by atoms with Gasteiger partial charge >= 0.3 is 0 Å². The van der Waals surface area contributed by atoms with E-state index in [1.165, 1.54) is 50.8 Å². The largest absolute Gasteiger partial charge is 0.314 e. The average molecular weight is 263 g/mol. The second-order valence-electron chi connectivity index (χ2n) is 5.22. The Bertz CT molecular complexity index is 351. The Hall–Kier alpha value is -0.470. The highest BCUT2D eigenvalue weighted by atomic mass is 32.2. The van der Waals surface area contributed by atoms with Crippen LogP contribution in [0, 0.1) is 0 Å². The van der Waals surface area contributed by atoms with E-state index in [0.29, 0.717) is 6.04 Å². The Morgan fingerprint density at radius 1 is 1.17 bits per heavy atom. The van der Waals surface area contributed by atoms with Crippen molar-refractivity contribution in [3.05, 3.63) is 35.4 Å². The molecule has 2 heteroatoms. The van der Waals surface area contributed by atoms with Gasteiger partial charge in [-0.25, -0.2) is 0 Å². The van der Waals surface area contributed by atoms with Crippen LogP contribution in [0.2, 0.25) is 0 Å². The van der Waals surface area contributed by atoms with E-state index in [-0.39, 0.29) is 0 Å². The van der Waals surface area contributed by atoms with E-state index < -0.39 is 0 Å². The van der Waals surface area contributed by atoms with Crippen LogP contribution in [0.1, 0.15) is 36.8 Å². The van der Waals surface area contributed by atoms with Crippen LogP contribution in [0.3, 0.4) is 0 Å². The molecule has 0 aliphatic heterocycles. The molecule has 0 fully saturated rings. The molecule has 18 heavy (non-hydrogen) atoms. The molecule has 1 nitrogen and oxygen atoms in total. The Labute approximate surface area is 116 Å². The summed E-state index contributed by atoms with van der Waals surface area (Å²) in [6, 6.07) is 9.62. The van der Waals surface area contributed by atoms with E-state index in [2.05, 4.69) is 35.8 Å². The molecule has 0 saturated heterocycles. The molecule has 0 radical (unpaired) electrons. The van der Waals surface area contributed by atoms with Crippen molar-refractivity contribution in [3.8, 4) is 0 Å². The smallest absolute Gasteiger partial charge is 0.0111 e. The van der Waals surface area contributed by atoms with Gasteiger partial charge in [0.2, 0.25) is 0 Å². The quantitative estimate of drug-likeness (QED) is 0.753. The number of nitrogens with one attached hydrogen (secondary N) is 1. The molecule has 2 rings (SSSR count). The number of hydrogen-bond acceptors (Lipinski definition) is 2. The average Bonchev–Trinajstić information content (AvgIpc) is 2.42. The third-order valence-electron chi connectivity index (χ3n) is 3.81. The standard InChI is InChI=1S/C16H25NS/c1-18-12-6-2-5-11-17-16-10-9-14-7-3-4-8-15(14)13-16/h3-4,7-8,16-17H,2,5-6,9-13H2,1H3. The molecule has 0 heterocycles. The number of aryl methyl sites for hydroxylation is 1. The first kappa shape index (κ1) is 14.0. The SMILES string of the molecule is CSCCCCCNC1CCc2ccccc2C1. The van der Waals surface area contributed by atoms with E-state index in [9.17, 15) is 0 Å². The van der Waals surface area contributed by atoms with Crippen LogP contribution in [0.25, 0.3) is 0 Å². The summed E-state index contributed by atoms with van der Waals surface area (Å²) in [6.45, 7) is 1.20. The number of benzene rings is 1. The first-order valence-electron chi connectivity index (χ1n) is 7.19. The van der Waals surface area contributed by atoms with Gasteiger partial charge in [0.15, 0.2) is 0 Å². The van der Waals surface area contributed by atoms with Gasteiger partial charge in [0.25, 0.3) is 0 Å². The predicted octanol–water partition coefficient (Wildman–Crippen LogP) is 3.67. The molecule has 0 spiro atoms. The maximum atomic E-state index is 3.73. The van der Waals surface area contributed by atoms with Gasteiger partial charge in [-0.05, 0) is 61.8 Å². The molecular formula is C16H25NS. The summed E-state index contributed by atoms with van der Waals surface area (Å²) in [5.74, 6) is 1.32. The van der Waals surface area contributed by atoms with E-state index in [0.717, 1.165) is 0 Å². The molecule has 1 aromatic rings. The molecule has 0 bridgehead atoms. The summed E-state index contributed by atoms with van der Waals surface area (Å²) in [7, 11) is 0. The van der Waals surface area contributed by atoms with Gasteiger partial charge < -0.3 is 5.32 Å². The highest BCUT2D eigenvalue weighted by Gasteiger charge is 2.16. The van der Waals surface area contributed by atoms with Gasteiger partial charge in [0, 0.05) is 6.04 Å². The van der Waals surface area contributed by atoms with Crippen LogP contribution in [-0.2, 0) is 12.8 Å². The monoisotopic (exact) mass is 263 g/mol. The van der Waals surface area contributed by atoms with Crippen molar-refractivity contribution in [2.24, 2.45) is 0 Å². The van der Waals surface area contributed by atoms with Crippen LogP contribution in [0.15, 0.2) is 24.3 Å². The van der Waals surface area contributed by atoms with Crippen LogP contribution in [-0.4, -0.2) is 24.6 Å². The minimum absolute atomic E-state index is 0.709. The van der Waals surface area contributed by atoms with Gasteiger partial charge in [0.1, 0.15) is 0 Å². The van der Waals surface area contributed by atoms with Gasteiger partial charge in [-0.15, -0.1) is 0 Å². The Balaban J connectivity index is 1.64. The summed E-state index contributed by atoms with van der Waals surface area (Å²) >= 11 is 1.96. The first-order valence-corrected chi connectivity index (χ1v) is 8.58. The Morgan fingerprint density at radius 3 is 2.83 bits per heavy atom. The third kappa shape index (κ3) is 4.33. The van der Waals surface area contributed by atoms with Gasteiger partial charge in [-0.3, -0.25) is 0 Å². The fraction of sp³-hybridized carbons (Fsp3) is 0.625. The molecule has 0 aromatic heterocycles. The van der Waals surface area contributed by atoms with Crippen LogP contribution < -0.4 is 5.32 Å². The lowest BCUT2D eigenvalue weighted by Crippen LogP contribution is -2.35. The molecule has 0 saturated carbocycles. The molecular weight excluding hydrogens is 238 g/mol. The van der Waals surface area contributed by atoms with Crippen molar-refractivity contribution in [1.29, 1.82) is 0 Å². The minimum atomic E-state index is 0.709. The lowest BCUT2D eigenvalue weighted by Gasteiger charge is -2.25. The van der Waals surface area contributed by atoms with Crippen molar-refractivity contribution in [1.82, 2.24) is 5.32 Å².